The van der Waals surface area contributed by atoms with Gasteiger partial charge in [0.2, 0.25) is 0 Å². The molecule has 1 aliphatic rings. The molecule has 0 radical (unpaired) electrons. The highest BCUT2D eigenvalue weighted by Gasteiger charge is 2.17. The van der Waals surface area contributed by atoms with E-state index in [0.29, 0.717) is 12.6 Å². The maximum absolute atomic E-state index is 8.62. The highest BCUT2D eigenvalue weighted by atomic mass is 16.5. The Bertz CT molecular complexity index is 161. The van der Waals surface area contributed by atoms with Gasteiger partial charge in [0, 0.05) is 19.1 Å². The summed E-state index contributed by atoms with van der Waals surface area (Å²) in [6.07, 6.45) is 3.80. The van der Waals surface area contributed by atoms with Crippen molar-refractivity contribution in [3.05, 3.63) is 0 Å². The minimum absolute atomic E-state index is 0.123. The molecule has 4 heteroatoms. The van der Waals surface area contributed by atoms with Gasteiger partial charge in [0.05, 0.1) is 19.8 Å². The van der Waals surface area contributed by atoms with Crippen molar-refractivity contribution in [2.24, 2.45) is 0 Å². The Balaban J connectivity index is 2.12. The van der Waals surface area contributed by atoms with E-state index in [9.17, 15) is 0 Å². The van der Waals surface area contributed by atoms with Crippen LogP contribution in [0, 0.1) is 0 Å². The molecule has 0 aromatic carbocycles. The fraction of sp³-hybridized carbons (Fsp3) is 1.00. The molecule has 0 aliphatic carbocycles. The van der Waals surface area contributed by atoms with Crippen LogP contribution in [0.2, 0.25) is 0 Å². The lowest BCUT2D eigenvalue weighted by Gasteiger charge is -2.25. The van der Waals surface area contributed by atoms with Crippen molar-refractivity contribution in [3.8, 4) is 0 Å². The molecule has 96 valence electrons. The molecule has 0 amide bonds. The molecule has 1 unspecified atom stereocenters. The number of aliphatic hydroxyl groups excluding tert-OH is 1. The average molecular weight is 230 g/mol. The topological polar surface area (TPSA) is 44.7 Å². The molecule has 0 spiro atoms. The fourth-order valence-electron chi connectivity index (χ4n) is 2.20. The number of nitrogens with one attached hydrogen (secondary N) is 1. The van der Waals surface area contributed by atoms with E-state index in [1.54, 1.807) is 0 Å². The standard InChI is InChI=1S/C12H26N2O2/c1-2-6-14(7-9-16-10-8-15)11-12-4-3-5-13-12/h12-13,15H,2-11H2,1H3. The summed E-state index contributed by atoms with van der Waals surface area (Å²) in [5, 5.41) is 12.1. The summed E-state index contributed by atoms with van der Waals surface area (Å²) in [6.45, 7) is 7.95. The monoisotopic (exact) mass is 230 g/mol. The molecule has 16 heavy (non-hydrogen) atoms. The van der Waals surface area contributed by atoms with E-state index in [4.69, 9.17) is 9.84 Å². The zero-order chi connectivity index (χ0) is 11.6. The second-order valence-corrected chi connectivity index (χ2v) is 4.43. The number of hydrogen-bond donors (Lipinski definition) is 2. The van der Waals surface area contributed by atoms with Crippen molar-refractivity contribution in [2.75, 3.05) is 46.0 Å². The summed E-state index contributed by atoms with van der Waals surface area (Å²) in [7, 11) is 0. The van der Waals surface area contributed by atoms with E-state index >= 15 is 0 Å². The van der Waals surface area contributed by atoms with Gasteiger partial charge in [0.15, 0.2) is 0 Å². The van der Waals surface area contributed by atoms with Crippen LogP contribution in [0.25, 0.3) is 0 Å². The summed E-state index contributed by atoms with van der Waals surface area (Å²) in [5.74, 6) is 0. The minimum atomic E-state index is 0.123. The van der Waals surface area contributed by atoms with Crippen molar-refractivity contribution in [2.45, 2.75) is 32.2 Å². The number of ether oxygens (including phenoxy) is 1. The molecule has 1 atom stereocenters. The van der Waals surface area contributed by atoms with Gasteiger partial charge in [-0.1, -0.05) is 6.92 Å². The van der Waals surface area contributed by atoms with Crippen LogP contribution in [0.3, 0.4) is 0 Å². The van der Waals surface area contributed by atoms with Crippen LogP contribution in [0.15, 0.2) is 0 Å². The second-order valence-electron chi connectivity index (χ2n) is 4.43. The Morgan fingerprint density at radius 3 is 2.88 bits per heavy atom. The summed E-state index contributed by atoms with van der Waals surface area (Å²) in [5.41, 5.74) is 0. The number of rotatable bonds is 9. The van der Waals surface area contributed by atoms with E-state index < -0.39 is 0 Å². The minimum Gasteiger partial charge on any atom is -0.394 e. The largest absolute Gasteiger partial charge is 0.394 e. The van der Waals surface area contributed by atoms with Crippen molar-refractivity contribution in [3.63, 3.8) is 0 Å². The summed E-state index contributed by atoms with van der Waals surface area (Å²) >= 11 is 0. The fourth-order valence-corrected chi connectivity index (χ4v) is 2.20. The van der Waals surface area contributed by atoms with Gasteiger partial charge < -0.3 is 15.2 Å². The Hall–Kier alpha value is -0.160. The predicted octanol–water partition coefficient (Wildman–Crippen LogP) is 0.459. The number of nitrogens with zero attached hydrogens (tertiary/aromatic N) is 1. The Morgan fingerprint density at radius 2 is 2.25 bits per heavy atom. The third-order valence-electron chi connectivity index (χ3n) is 2.97. The SMILES string of the molecule is CCCN(CCOCCO)CC1CCCN1. The first-order valence-corrected chi connectivity index (χ1v) is 6.51. The van der Waals surface area contributed by atoms with Gasteiger partial charge in [0.1, 0.15) is 0 Å². The third-order valence-corrected chi connectivity index (χ3v) is 2.97. The summed E-state index contributed by atoms with van der Waals surface area (Å²) in [4.78, 5) is 2.46. The maximum atomic E-state index is 8.62. The third kappa shape index (κ3) is 5.80. The molecule has 0 bridgehead atoms. The molecular weight excluding hydrogens is 204 g/mol. The van der Waals surface area contributed by atoms with E-state index in [2.05, 4.69) is 17.1 Å². The molecular formula is C12H26N2O2. The molecule has 1 rings (SSSR count). The molecule has 0 aromatic heterocycles. The molecule has 4 nitrogen and oxygen atoms in total. The van der Waals surface area contributed by atoms with Crippen molar-refractivity contribution in [1.82, 2.24) is 10.2 Å². The lowest BCUT2D eigenvalue weighted by molar-refractivity contribution is 0.0719. The van der Waals surface area contributed by atoms with Gasteiger partial charge in [-0.05, 0) is 32.4 Å². The van der Waals surface area contributed by atoms with Gasteiger partial charge in [-0.3, -0.25) is 4.90 Å². The average Bonchev–Trinajstić information content (AvgIpc) is 2.77. The van der Waals surface area contributed by atoms with Crippen LogP contribution < -0.4 is 5.32 Å². The van der Waals surface area contributed by atoms with Crippen LogP contribution in [0.4, 0.5) is 0 Å². The lowest BCUT2D eigenvalue weighted by Crippen LogP contribution is -2.39. The summed E-state index contributed by atoms with van der Waals surface area (Å²) in [6, 6.07) is 0.671. The van der Waals surface area contributed by atoms with Crippen LogP contribution in [0.1, 0.15) is 26.2 Å². The van der Waals surface area contributed by atoms with Crippen molar-refractivity contribution in [1.29, 1.82) is 0 Å². The van der Waals surface area contributed by atoms with Gasteiger partial charge in [-0.2, -0.15) is 0 Å². The Kier molecular flexibility index (Phi) is 7.76. The quantitative estimate of drug-likeness (QED) is 0.565. The van der Waals surface area contributed by atoms with Gasteiger partial charge in [-0.15, -0.1) is 0 Å². The zero-order valence-electron chi connectivity index (χ0n) is 10.5. The van der Waals surface area contributed by atoms with E-state index in [1.165, 1.54) is 25.8 Å². The van der Waals surface area contributed by atoms with E-state index in [-0.39, 0.29) is 6.61 Å². The normalized spacial score (nSPS) is 20.8. The predicted molar refractivity (Wildman–Crippen MR) is 65.7 cm³/mol. The highest BCUT2D eigenvalue weighted by Crippen LogP contribution is 2.07. The molecule has 1 heterocycles. The van der Waals surface area contributed by atoms with Crippen molar-refractivity contribution < 1.29 is 9.84 Å². The zero-order valence-corrected chi connectivity index (χ0v) is 10.5. The first-order valence-electron chi connectivity index (χ1n) is 6.51. The molecule has 1 aliphatic heterocycles. The van der Waals surface area contributed by atoms with Crippen LogP contribution in [-0.4, -0.2) is 62.0 Å². The van der Waals surface area contributed by atoms with Gasteiger partial charge >= 0.3 is 0 Å². The van der Waals surface area contributed by atoms with Crippen LogP contribution >= 0.6 is 0 Å². The molecule has 0 aromatic rings. The highest BCUT2D eigenvalue weighted by molar-refractivity contribution is 4.77. The first-order chi connectivity index (χ1) is 7.86. The number of aliphatic hydroxyl groups is 1. The maximum Gasteiger partial charge on any atom is 0.0698 e. The Morgan fingerprint density at radius 1 is 1.38 bits per heavy atom. The molecule has 1 fully saturated rings. The lowest BCUT2D eigenvalue weighted by atomic mass is 10.2. The van der Waals surface area contributed by atoms with Gasteiger partial charge in [-0.25, -0.2) is 0 Å². The molecule has 0 saturated carbocycles. The first kappa shape index (κ1) is 13.9. The van der Waals surface area contributed by atoms with Crippen molar-refractivity contribution >= 4 is 0 Å². The van der Waals surface area contributed by atoms with E-state index in [0.717, 1.165) is 26.2 Å². The van der Waals surface area contributed by atoms with E-state index in [1.807, 2.05) is 0 Å². The van der Waals surface area contributed by atoms with Crippen LogP contribution in [-0.2, 0) is 4.74 Å². The Labute approximate surface area is 99.0 Å². The van der Waals surface area contributed by atoms with Crippen LogP contribution in [0.5, 0.6) is 0 Å². The summed E-state index contributed by atoms with van der Waals surface area (Å²) < 4.78 is 5.31. The smallest absolute Gasteiger partial charge is 0.0698 e. The molecule has 2 N–H and O–H groups in total. The second kappa shape index (κ2) is 8.93. The number of hydrogen-bond acceptors (Lipinski definition) is 4. The van der Waals surface area contributed by atoms with Gasteiger partial charge in [0.25, 0.3) is 0 Å². The molecule has 1 saturated heterocycles.